The molecule has 31 heavy (non-hydrogen) atoms. The van der Waals surface area contributed by atoms with E-state index in [1.165, 1.54) is 36.9 Å². The van der Waals surface area contributed by atoms with Crippen LogP contribution in [0.15, 0.2) is 72.8 Å². The summed E-state index contributed by atoms with van der Waals surface area (Å²) in [4.78, 5) is 2.74. The minimum absolute atomic E-state index is 0.0851. The summed E-state index contributed by atoms with van der Waals surface area (Å²) < 4.78 is 0. The number of anilines is 1. The standard InChI is InChI=1S/C27H26Cl2N2/c28-23-10-4-1-7-20(23)26(21-8-2-5-11-24(21)29)31-18-13-14-19(31)16-27(15-18)17-30-25-12-6-3-9-22(25)27/h1-12,18-19,26,30H,13-17H2/t18-,19+,27?. The van der Waals surface area contributed by atoms with Crippen molar-refractivity contribution < 1.29 is 0 Å². The highest BCUT2D eigenvalue weighted by Crippen LogP contribution is 2.55. The summed E-state index contributed by atoms with van der Waals surface area (Å²) in [6, 6.07) is 26.6. The molecule has 3 aliphatic rings. The van der Waals surface area contributed by atoms with Crippen molar-refractivity contribution in [2.75, 3.05) is 11.9 Å². The Bertz CT molecular complexity index is 1070. The minimum atomic E-state index is 0.0851. The Morgan fingerprint density at radius 1 is 0.774 bits per heavy atom. The van der Waals surface area contributed by atoms with Crippen LogP contribution in [-0.4, -0.2) is 23.5 Å². The van der Waals surface area contributed by atoms with E-state index in [1.807, 2.05) is 24.3 Å². The molecule has 0 radical (unpaired) electrons. The van der Waals surface area contributed by atoms with Crippen molar-refractivity contribution in [2.45, 2.75) is 49.2 Å². The topological polar surface area (TPSA) is 15.3 Å². The summed E-state index contributed by atoms with van der Waals surface area (Å²) in [5, 5.41) is 5.33. The minimum Gasteiger partial charge on any atom is -0.384 e. The van der Waals surface area contributed by atoms with Gasteiger partial charge in [-0.1, -0.05) is 77.8 Å². The first-order valence-electron chi connectivity index (χ1n) is 11.3. The SMILES string of the molecule is Clc1ccccc1C(c1ccccc1Cl)N1[C@@H]2CC[C@H]1CC1(CNc3ccccc31)C2. The van der Waals surface area contributed by atoms with Gasteiger partial charge in [-0.2, -0.15) is 0 Å². The Hall–Kier alpha value is -2.00. The van der Waals surface area contributed by atoms with Gasteiger partial charge in [-0.15, -0.1) is 0 Å². The van der Waals surface area contributed by atoms with E-state index in [4.69, 9.17) is 23.2 Å². The summed E-state index contributed by atoms with van der Waals surface area (Å²) in [5.41, 5.74) is 5.40. The molecule has 0 amide bonds. The number of halogens is 2. The molecule has 6 rings (SSSR count). The molecular weight excluding hydrogens is 423 g/mol. The van der Waals surface area contributed by atoms with Crippen LogP contribution in [0.1, 0.15) is 48.4 Å². The van der Waals surface area contributed by atoms with Crippen molar-refractivity contribution in [3.8, 4) is 0 Å². The van der Waals surface area contributed by atoms with Gasteiger partial charge < -0.3 is 5.32 Å². The quantitative estimate of drug-likeness (QED) is 0.460. The van der Waals surface area contributed by atoms with Crippen molar-refractivity contribution in [3.63, 3.8) is 0 Å². The van der Waals surface area contributed by atoms with Crippen LogP contribution < -0.4 is 5.32 Å². The van der Waals surface area contributed by atoms with Crippen LogP contribution >= 0.6 is 23.2 Å². The Morgan fingerprint density at radius 2 is 1.32 bits per heavy atom. The number of piperidine rings is 1. The van der Waals surface area contributed by atoms with Crippen LogP contribution in [-0.2, 0) is 5.41 Å². The molecule has 0 aromatic heterocycles. The average Bonchev–Trinajstić information content (AvgIpc) is 3.26. The number of hydrogen-bond acceptors (Lipinski definition) is 2. The lowest BCUT2D eigenvalue weighted by molar-refractivity contribution is 0.0640. The molecule has 1 N–H and O–H groups in total. The van der Waals surface area contributed by atoms with Gasteiger partial charge in [-0.3, -0.25) is 4.90 Å². The van der Waals surface area contributed by atoms with Crippen LogP contribution in [0, 0.1) is 0 Å². The van der Waals surface area contributed by atoms with Crippen molar-refractivity contribution in [1.82, 2.24) is 4.90 Å². The van der Waals surface area contributed by atoms with Crippen molar-refractivity contribution in [2.24, 2.45) is 0 Å². The Labute approximate surface area is 194 Å². The number of nitrogens with one attached hydrogen (secondary N) is 1. The van der Waals surface area contributed by atoms with Crippen LogP contribution in [0.5, 0.6) is 0 Å². The maximum atomic E-state index is 6.76. The molecule has 2 saturated heterocycles. The lowest BCUT2D eigenvalue weighted by Gasteiger charge is -2.48. The first-order chi connectivity index (χ1) is 15.2. The highest BCUT2D eigenvalue weighted by Gasteiger charge is 2.53. The molecule has 0 aliphatic carbocycles. The number of nitrogens with zero attached hydrogens (tertiary/aromatic N) is 1. The molecule has 1 unspecified atom stereocenters. The molecule has 2 fully saturated rings. The fourth-order valence-electron chi connectivity index (χ4n) is 6.51. The monoisotopic (exact) mass is 448 g/mol. The summed E-state index contributed by atoms with van der Waals surface area (Å²) in [6.45, 7) is 1.05. The number of hydrogen-bond donors (Lipinski definition) is 1. The highest BCUT2D eigenvalue weighted by atomic mass is 35.5. The molecule has 2 nitrogen and oxygen atoms in total. The number of fused-ring (bicyclic) bond motifs is 4. The van der Waals surface area contributed by atoms with Gasteiger partial charge in [0.2, 0.25) is 0 Å². The molecule has 2 bridgehead atoms. The predicted molar refractivity (Wildman–Crippen MR) is 129 cm³/mol. The maximum Gasteiger partial charge on any atom is 0.0636 e. The molecular formula is C27H26Cl2N2. The molecule has 0 saturated carbocycles. The molecule has 4 heteroatoms. The summed E-state index contributed by atoms with van der Waals surface area (Å²) in [5.74, 6) is 0. The fraction of sp³-hybridized carbons (Fsp3) is 0.333. The Kier molecular flexibility index (Phi) is 4.79. The van der Waals surface area contributed by atoms with Gasteiger partial charge in [-0.05, 0) is 60.6 Å². The zero-order valence-electron chi connectivity index (χ0n) is 17.4. The predicted octanol–water partition coefficient (Wildman–Crippen LogP) is 7.07. The molecule has 3 aliphatic heterocycles. The smallest absolute Gasteiger partial charge is 0.0636 e. The second-order valence-electron chi connectivity index (χ2n) is 9.37. The first kappa shape index (κ1) is 19.7. The summed E-state index contributed by atoms with van der Waals surface area (Å²) >= 11 is 13.5. The average molecular weight is 449 g/mol. The van der Waals surface area contributed by atoms with E-state index in [0.717, 1.165) is 27.7 Å². The van der Waals surface area contributed by atoms with Crippen LogP contribution in [0.25, 0.3) is 0 Å². The largest absolute Gasteiger partial charge is 0.384 e. The van der Waals surface area contributed by atoms with Crippen molar-refractivity contribution >= 4 is 28.9 Å². The highest BCUT2D eigenvalue weighted by molar-refractivity contribution is 6.32. The van der Waals surface area contributed by atoms with Crippen LogP contribution in [0.3, 0.4) is 0 Å². The van der Waals surface area contributed by atoms with Gasteiger partial charge in [0.15, 0.2) is 0 Å². The lowest BCUT2D eigenvalue weighted by atomic mass is 9.70. The zero-order chi connectivity index (χ0) is 21.0. The van der Waals surface area contributed by atoms with E-state index in [-0.39, 0.29) is 11.5 Å². The second kappa shape index (κ2) is 7.55. The third kappa shape index (κ3) is 3.11. The summed E-state index contributed by atoms with van der Waals surface area (Å²) in [7, 11) is 0. The van der Waals surface area contributed by atoms with Gasteiger partial charge in [0.25, 0.3) is 0 Å². The normalized spacial score (nSPS) is 26.9. The van der Waals surface area contributed by atoms with E-state index < -0.39 is 0 Å². The number of para-hydroxylation sites is 1. The molecule has 1 spiro atoms. The first-order valence-corrected chi connectivity index (χ1v) is 12.0. The van der Waals surface area contributed by atoms with Crippen LogP contribution in [0.2, 0.25) is 10.0 Å². The third-order valence-corrected chi connectivity index (χ3v) is 8.43. The van der Waals surface area contributed by atoms with E-state index in [9.17, 15) is 0 Å². The van der Waals surface area contributed by atoms with E-state index in [2.05, 4.69) is 58.7 Å². The zero-order valence-corrected chi connectivity index (χ0v) is 18.9. The van der Waals surface area contributed by atoms with E-state index >= 15 is 0 Å². The van der Waals surface area contributed by atoms with Crippen molar-refractivity contribution in [3.05, 3.63) is 99.5 Å². The second-order valence-corrected chi connectivity index (χ2v) is 10.2. The van der Waals surface area contributed by atoms with Gasteiger partial charge in [0, 0.05) is 39.8 Å². The van der Waals surface area contributed by atoms with Gasteiger partial charge in [0.05, 0.1) is 6.04 Å². The summed E-state index contributed by atoms with van der Waals surface area (Å²) in [6.07, 6.45) is 4.83. The molecule has 3 heterocycles. The lowest BCUT2D eigenvalue weighted by Crippen LogP contribution is -2.51. The van der Waals surface area contributed by atoms with Gasteiger partial charge >= 0.3 is 0 Å². The third-order valence-electron chi connectivity index (χ3n) is 7.74. The van der Waals surface area contributed by atoms with E-state index in [1.54, 1.807) is 0 Å². The number of rotatable bonds is 3. The molecule has 3 atom stereocenters. The fourth-order valence-corrected chi connectivity index (χ4v) is 6.99. The number of benzene rings is 3. The molecule has 3 aromatic rings. The Balaban J connectivity index is 1.43. The van der Waals surface area contributed by atoms with Crippen LogP contribution in [0.4, 0.5) is 5.69 Å². The van der Waals surface area contributed by atoms with Gasteiger partial charge in [-0.25, -0.2) is 0 Å². The Morgan fingerprint density at radius 3 is 1.94 bits per heavy atom. The van der Waals surface area contributed by atoms with E-state index in [0.29, 0.717) is 12.1 Å². The molecule has 158 valence electrons. The molecule has 3 aromatic carbocycles. The maximum absolute atomic E-state index is 6.76. The van der Waals surface area contributed by atoms with Gasteiger partial charge in [0.1, 0.15) is 0 Å². The van der Waals surface area contributed by atoms with Crippen molar-refractivity contribution in [1.29, 1.82) is 0 Å².